The smallest absolute Gasteiger partial charge is 0.265 e. The Hall–Kier alpha value is -3.84. The highest BCUT2D eigenvalue weighted by atomic mass is 35.5. The van der Waals surface area contributed by atoms with Gasteiger partial charge in [0.2, 0.25) is 5.91 Å². The monoisotopic (exact) mass is 506 g/mol. The van der Waals surface area contributed by atoms with Crippen molar-refractivity contribution in [3.05, 3.63) is 88.9 Å². The van der Waals surface area contributed by atoms with Gasteiger partial charge >= 0.3 is 0 Å². The van der Waals surface area contributed by atoms with Gasteiger partial charge < -0.3 is 19.3 Å². The molecule has 1 heterocycles. The second-order valence-corrected chi connectivity index (χ2v) is 8.90. The molecule has 0 aliphatic carbocycles. The zero-order chi connectivity index (χ0) is 25.5. The molecule has 1 aliphatic rings. The maximum Gasteiger partial charge on any atom is 0.265 e. The fourth-order valence-electron chi connectivity index (χ4n) is 3.93. The molecule has 186 valence electrons. The van der Waals surface area contributed by atoms with Crippen LogP contribution in [0.3, 0.4) is 0 Å². The minimum absolute atomic E-state index is 0.000403. The molecule has 1 aliphatic heterocycles. The van der Waals surface area contributed by atoms with Gasteiger partial charge in [-0.3, -0.25) is 14.4 Å². The summed E-state index contributed by atoms with van der Waals surface area (Å²) in [5.74, 6) is 0.469. The van der Waals surface area contributed by atoms with Gasteiger partial charge in [-0.1, -0.05) is 54.1 Å². The number of benzene rings is 3. The molecule has 0 aromatic heterocycles. The van der Waals surface area contributed by atoms with E-state index in [0.29, 0.717) is 53.7 Å². The Balaban J connectivity index is 1.37. The van der Waals surface area contributed by atoms with Crippen LogP contribution < -0.4 is 14.4 Å². The fraction of sp³-hybridized carbons (Fsp3) is 0.250. The van der Waals surface area contributed by atoms with Crippen LogP contribution in [0.5, 0.6) is 11.5 Å². The van der Waals surface area contributed by atoms with Crippen LogP contribution in [0.15, 0.2) is 72.8 Å². The van der Waals surface area contributed by atoms with E-state index < -0.39 is 0 Å². The van der Waals surface area contributed by atoms with Gasteiger partial charge in [-0.2, -0.15) is 0 Å². The third-order valence-corrected chi connectivity index (χ3v) is 6.19. The summed E-state index contributed by atoms with van der Waals surface area (Å²) < 4.78 is 11.1. The second-order valence-electron chi connectivity index (χ2n) is 8.50. The van der Waals surface area contributed by atoms with Gasteiger partial charge in [0.05, 0.1) is 10.7 Å². The number of amides is 2. The highest BCUT2D eigenvalue weighted by molar-refractivity contribution is 6.32. The molecule has 36 heavy (non-hydrogen) atoms. The summed E-state index contributed by atoms with van der Waals surface area (Å²) in [6.45, 7) is 0.589. The quantitative estimate of drug-likeness (QED) is 0.370. The summed E-state index contributed by atoms with van der Waals surface area (Å²) in [5.41, 5.74) is 1.96. The zero-order valence-corrected chi connectivity index (χ0v) is 20.7. The van der Waals surface area contributed by atoms with Crippen molar-refractivity contribution in [2.45, 2.75) is 19.4 Å². The number of rotatable bonds is 10. The van der Waals surface area contributed by atoms with Gasteiger partial charge in [0.15, 0.2) is 19.0 Å². The van der Waals surface area contributed by atoms with E-state index in [9.17, 15) is 14.4 Å². The van der Waals surface area contributed by atoms with Crippen molar-refractivity contribution >= 4 is 34.9 Å². The summed E-state index contributed by atoms with van der Waals surface area (Å²) in [7, 11) is 1.77. The normalized spacial score (nSPS) is 12.5. The summed E-state index contributed by atoms with van der Waals surface area (Å²) in [6.07, 6.45) is 0.782. The summed E-state index contributed by atoms with van der Waals surface area (Å²) >= 11 is 6.09. The number of hydrogen-bond acceptors (Lipinski definition) is 5. The van der Waals surface area contributed by atoms with Crippen LogP contribution in [0.2, 0.25) is 5.02 Å². The highest BCUT2D eigenvalue weighted by Crippen LogP contribution is 2.33. The van der Waals surface area contributed by atoms with E-state index in [2.05, 4.69) is 0 Å². The van der Waals surface area contributed by atoms with Crippen LogP contribution in [0, 0.1) is 0 Å². The number of carbonyl (C=O) groups is 3. The Morgan fingerprint density at radius 1 is 1.06 bits per heavy atom. The van der Waals surface area contributed by atoms with Crippen molar-refractivity contribution < 1.29 is 23.9 Å². The van der Waals surface area contributed by atoms with E-state index in [0.717, 1.165) is 5.56 Å². The van der Waals surface area contributed by atoms with Crippen molar-refractivity contribution in [2.24, 2.45) is 0 Å². The topological polar surface area (TPSA) is 76.2 Å². The first-order valence-electron chi connectivity index (χ1n) is 11.7. The lowest BCUT2D eigenvalue weighted by molar-refractivity contribution is -0.130. The number of fused-ring (bicyclic) bond motifs is 1. The fourth-order valence-corrected chi connectivity index (χ4v) is 4.12. The van der Waals surface area contributed by atoms with Gasteiger partial charge in [-0.05, 0) is 42.3 Å². The van der Waals surface area contributed by atoms with E-state index in [-0.39, 0.29) is 30.8 Å². The van der Waals surface area contributed by atoms with Crippen LogP contribution in [0.1, 0.15) is 28.8 Å². The minimum atomic E-state index is -0.256. The molecule has 2 amide bonds. The molecule has 0 N–H and O–H groups in total. The maximum absolute atomic E-state index is 12.8. The molecule has 0 radical (unpaired) electrons. The highest BCUT2D eigenvalue weighted by Gasteiger charge is 2.27. The Bertz CT molecular complexity index is 1250. The Morgan fingerprint density at radius 3 is 2.58 bits per heavy atom. The largest absolute Gasteiger partial charge is 0.484 e. The van der Waals surface area contributed by atoms with Crippen molar-refractivity contribution in [3.8, 4) is 11.5 Å². The molecule has 8 heteroatoms. The number of Topliss-reactive ketones (excluding diaryl/α,β-unsaturated/α-hetero) is 1. The van der Waals surface area contributed by atoms with Gasteiger partial charge in [0, 0.05) is 32.1 Å². The van der Waals surface area contributed by atoms with Gasteiger partial charge in [-0.15, -0.1) is 0 Å². The van der Waals surface area contributed by atoms with Crippen LogP contribution in [0.25, 0.3) is 0 Å². The minimum Gasteiger partial charge on any atom is -0.484 e. The van der Waals surface area contributed by atoms with Crippen LogP contribution >= 0.6 is 11.6 Å². The maximum atomic E-state index is 12.8. The van der Waals surface area contributed by atoms with E-state index in [1.807, 2.05) is 30.3 Å². The standard InChI is InChI=1S/C28H27ClN2O5/c1-30(17-20-8-3-2-4-9-20)27(33)12-7-15-31-23-16-21(13-14-26(23)36-19-28(31)34)24(32)18-35-25-11-6-5-10-22(25)29/h2-6,8-11,13-14,16H,7,12,15,17-19H2,1H3. The van der Waals surface area contributed by atoms with E-state index in [1.54, 1.807) is 59.3 Å². The number of nitrogens with zero attached hydrogens (tertiary/aromatic N) is 2. The van der Waals surface area contributed by atoms with Crippen molar-refractivity contribution in [1.82, 2.24) is 4.90 Å². The van der Waals surface area contributed by atoms with E-state index >= 15 is 0 Å². The molecular weight excluding hydrogens is 480 g/mol. The number of carbonyl (C=O) groups excluding carboxylic acids is 3. The first-order chi connectivity index (χ1) is 17.4. The number of hydrogen-bond donors (Lipinski definition) is 0. The molecule has 0 saturated carbocycles. The molecule has 4 rings (SSSR count). The third kappa shape index (κ3) is 6.23. The van der Waals surface area contributed by atoms with E-state index in [1.165, 1.54) is 0 Å². The van der Waals surface area contributed by atoms with E-state index in [4.69, 9.17) is 21.1 Å². The molecule has 7 nitrogen and oxygen atoms in total. The van der Waals surface area contributed by atoms with Crippen LogP contribution in [-0.2, 0) is 16.1 Å². The molecule has 3 aromatic carbocycles. The van der Waals surface area contributed by atoms with Crippen LogP contribution in [-0.4, -0.2) is 49.3 Å². The molecule has 0 saturated heterocycles. The predicted octanol–water partition coefficient (Wildman–Crippen LogP) is 4.77. The molecule has 0 bridgehead atoms. The SMILES string of the molecule is CN(Cc1ccccc1)C(=O)CCCN1C(=O)COc2ccc(C(=O)COc3ccccc3Cl)cc21. The van der Waals surface area contributed by atoms with Crippen LogP contribution in [0.4, 0.5) is 5.69 Å². The molecule has 0 fully saturated rings. The average molecular weight is 507 g/mol. The number of halogens is 1. The van der Waals surface area contributed by atoms with Gasteiger partial charge in [-0.25, -0.2) is 0 Å². The zero-order valence-electron chi connectivity index (χ0n) is 20.0. The second kappa shape index (κ2) is 11.7. The molecule has 0 atom stereocenters. The summed E-state index contributed by atoms with van der Waals surface area (Å²) in [5, 5.41) is 0.421. The number of ether oxygens (including phenoxy) is 2. The lowest BCUT2D eigenvalue weighted by Gasteiger charge is -2.30. The number of para-hydroxylation sites is 1. The van der Waals surface area contributed by atoms with Crippen molar-refractivity contribution in [3.63, 3.8) is 0 Å². The van der Waals surface area contributed by atoms with Crippen molar-refractivity contribution in [2.75, 3.05) is 31.7 Å². The molecule has 3 aromatic rings. The average Bonchev–Trinajstić information content (AvgIpc) is 2.89. The van der Waals surface area contributed by atoms with Gasteiger partial charge in [0.1, 0.15) is 11.5 Å². The first kappa shape index (κ1) is 25.3. The Kier molecular flexibility index (Phi) is 8.23. The summed E-state index contributed by atoms with van der Waals surface area (Å²) in [4.78, 5) is 41.2. The first-order valence-corrected chi connectivity index (χ1v) is 12.1. The predicted molar refractivity (Wildman–Crippen MR) is 138 cm³/mol. The third-order valence-electron chi connectivity index (χ3n) is 5.88. The number of anilines is 1. The Morgan fingerprint density at radius 2 is 1.81 bits per heavy atom. The molecule has 0 unspecified atom stereocenters. The summed E-state index contributed by atoms with van der Waals surface area (Å²) in [6, 6.07) is 21.7. The molecular formula is C28H27ClN2O5. The van der Waals surface area contributed by atoms with Gasteiger partial charge in [0.25, 0.3) is 5.91 Å². The van der Waals surface area contributed by atoms with Crippen molar-refractivity contribution in [1.29, 1.82) is 0 Å². The number of ketones is 1. The lowest BCUT2D eigenvalue weighted by Crippen LogP contribution is -2.40. The lowest BCUT2D eigenvalue weighted by atomic mass is 10.1. The molecule has 0 spiro atoms. The Labute approximate surface area is 215 Å².